The standard InChI is InChI=1S/C18H16N2O2/c1-12-9-20-17(10-19-12)11-22-18-6-5-15-7-14(13(2)21)3-4-16(15)8-18/h3-10H,11H2,1-2H3. The number of ketones is 1. The Morgan fingerprint density at radius 1 is 1.05 bits per heavy atom. The number of ether oxygens (including phenoxy) is 1. The third kappa shape index (κ3) is 3.11. The molecule has 0 aliphatic heterocycles. The molecule has 0 spiro atoms. The Balaban J connectivity index is 1.78. The molecule has 2 aromatic carbocycles. The second kappa shape index (κ2) is 5.93. The zero-order valence-corrected chi connectivity index (χ0v) is 12.5. The van der Waals surface area contributed by atoms with E-state index in [9.17, 15) is 4.79 Å². The molecule has 1 aromatic heterocycles. The minimum absolute atomic E-state index is 0.0696. The first kappa shape index (κ1) is 14.2. The molecule has 0 saturated heterocycles. The van der Waals surface area contributed by atoms with Crippen molar-refractivity contribution in [2.75, 3.05) is 0 Å². The third-order valence-electron chi connectivity index (χ3n) is 3.44. The second-order valence-electron chi connectivity index (χ2n) is 5.22. The Kier molecular flexibility index (Phi) is 3.83. The summed E-state index contributed by atoms with van der Waals surface area (Å²) >= 11 is 0. The number of carbonyl (C=O) groups is 1. The molecule has 3 rings (SSSR count). The Labute approximate surface area is 128 Å². The van der Waals surface area contributed by atoms with E-state index in [4.69, 9.17) is 4.74 Å². The van der Waals surface area contributed by atoms with Crippen LogP contribution in [0.25, 0.3) is 10.8 Å². The Hall–Kier alpha value is -2.75. The van der Waals surface area contributed by atoms with Crippen LogP contribution in [0.3, 0.4) is 0 Å². The van der Waals surface area contributed by atoms with Crippen molar-refractivity contribution in [1.29, 1.82) is 0 Å². The van der Waals surface area contributed by atoms with Gasteiger partial charge in [0.2, 0.25) is 0 Å². The van der Waals surface area contributed by atoms with Crippen molar-refractivity contribution in [2.45, 2.75) is 20.5 Å². The number of rotatable bonds is 4. The molecule has 4 heteroatoms. The molecule has 0 unspecified atom stereocenters. The van der Waals surface area contributed by atoms with Crippen LogP contribution in [0.5, 0.6) is 5.75 Å². The van der Waals surface area contributed by atoms with E-state index in [1.54, 1.807) is 19.3 Å². The highest BCUT2D eigenvalue weighted by Gasteiger charge is 2.03. The van der Waals surface area contributed by atoms with E-state index in [0.29, 0.717) is 6.61 Å². The summed E-state index contributed by atoms with van der Waals surface area (Å²) in [5.74, 6) is 0.839. The van der Waals surface area contributed by atoms with Crippen LogP contribution in [-0.2, 0) is 6.61 Å². The Morgan fingerprint density at radius 3 is 2.55 bits per heavy atom. The monoisotopic (exact) mass is 292 g/mol. The number of hydrogen-bond donors (Lipinski definition) is 0. The molecule has 0 saturated carbocycles. The molecule has 4 nitrogen and oxygen atoms in total. The van der Waals surface area contributed by atoms with E-state index in [2.05, 4.69) is 9.97 Å². The maximum Gasteiger partial charge on any atom is 0.159 e. The number of carbonyl (C=O) groups excluding carboxylic acids is 1. The van der Waals surface area contributed by atoms with Gasteiger partial charge in [0.25, 0.3) is 0 Å². The fraction of sp³-hybridized carbons (Fsp3) is 0.167. The maximum absolute atomic E-state index is 11.4. The van der Waals surface area contributed by atoms with Crippen molar-refractivity contribution in [3.05, 3.63) is 65.7 Å². The van der Waals surface area contributed by atoms with Gasteiger partial charge in [0.1, 0.15) is 12.4 Å². The predicted molar refractivity (Wildman–Crippen MR) is 85.1 cm³/mol. The van der Waals surface area contributed by atoms with Gasteiger partial charge in [0, 0.05) is 11.8 Å². The van der Waals surface area contributed by atoms with Crippen LogP contribution in [-0.4, -0.2) is 15.8 Å². The van der Waals surface area contributed by atoms with Gasteiger partial charge in [-0.05, 0) is 42.8 Å². The van der Waals surface area contributed by atoms with Crippen LogP contribution in [0.2, 0.25) is 0 Å². The first-order chi connectivity index (χ1) is 10.6. The normalized spacial score (nSPS) is 10.6. The van der Waals surface area contributed by atoms with Crippen molar-refractivity contribution >= 4 is 16.6 Å². The van der Waals surface area contributed by atoms with Crippen molar-refractivity contribution in [3.8, 4) is 5.75 Å². The molecule has 3 aromatic rings. The summed E-state index contributed by atoms with van der Waals surface area (Å²) in [6, 6.07) is 11.5. The van der Waals surface area contributed by atoms with Crippen molar-refractivity contribution < 1.29 is 9.53 Å². The first-order valence-electron chi connectivity index (χ1n) is 7.07. The van der Waals surface area contributed by atoms with Crippen LogP contribution < -0.4 is 4.74 Å². The molecule has 22 heavy (non-hydrogen) atoms. The fourth-order valence-electron chi connectivity index (χ4n) is 2.18. The number of benzene rings is 2. The second-order valence-corrected chi connectivity index (χ2v) is 5.22. The lowest BCUT2D eigenvalue weighted by atomic mass is 10.0. The molecule has 1 heterocycles. The summed E-state index contributed by atoms with van der Waals surface area (Å²) in [6.45, 7) is 3.85. The van der Waals surface area contributed by atoms with Crippen molar-refractivity contribution in [3.63, 3.8) is 0 Å². The SMILES string of the molecule is CC(=O)c1ccc2cc(OCc3cnc(C)cn3)ccc2c1. The lowest BCUT2D eigenvalue weighted by Gasteiger charge is -2.07. The van der Waals surface area contributed by atoms with E-state index in [0.717, 1.165) is 33.5 Å². The summed E-state index contributed by atoms with van der Waals surface area (Å²) < 4.78 is 5.75. The molecule has 0 fully saturated rings. The van der Waals surface area contributed by atoms with Gasteiger partial charge in [-0.3, -0.25) is 14.8 Å². The smallest absolute Gasteiger partial charge is 0.159 e. The average molecular weight is 292 g/mol. The van der Waals surface area contributed by atoms with Crippen LogP contribution in [0, 0.1) is 6.92 Å². The Morgan fingerprint density at radius 2 is 1.82 bits per heavy atom. The summed E-state index contributed by atoms with van der Waals surface area (Å²) in [5, 5.41) is 2.06. The minimum atomic E-state index is 0.0696. The lowest BCUT2D eigenvalue weighted by molar-refractivity contribution is 0.101. The fourth-order valence-corrected chi connectivity index (χ4v) is 2.18. The van der Waals surface area contributed by atoms with Crippen LogP contribution >= 0.6 is 0 Å². The van der Waals surface area contributed by atoms with Gasteiger partial charge in [-0.2, -0.15) is 0 Å². The van der Waals surface area contributed by atoms with Gasteiger partial charge in [0.15, 0.2) is 5.78 Å². The van der Waals surface area contributed by atoms with Crippen LogP contribution in [0.1, 0.15) is 28.7 Å². The number of nitrogens with zero attached hydrogens (tertiary/aromatic N) is 2. The zero-order chi connectivity index (χ0) is 15.5. The molecule has 0 radical (unpaired) electrons. The zero-order valence-electron chi connectivity index (χ0n) is 12.5. The summed E-state index contributed by atoms with van der Waals surface area (Å²) in [6.07, 6.45) is 3.44. The quantitative estimate of drug-likeness (QED) is 0.688. The molecule has 0 atom stereocenters. The summed E-state index contributed by atoms with van der Waals surface area (Å²) in [5.41, 5.74) is 2.39. The van der Waals surface area contributed by atoms with E-state index < -0.39 is 0 Å². The van der Waals surface area contributed by atoms with Crippen LogP contribution in [0.4, 0.5) is 0 Å². The molecule has 0 aliphatic carbocycles. The van der Waals surface area contributed by atoms with Gasteiger partial charge in [-0.1, -0.05) is 18.2 Å². The van der Waals surface area contributed by atoms with Crippen molar-refractivity contribution in [2.24, 2.45) is 0 Å². The van der Waals surface area contributed by atoms with Crippen LogP contribution in [0.15, 0.2) is 48.8 Å². The van der Waals surface area contributed by atoms with Gasteiger partial charge >= 0.3 is 0 Å². The van der Waals surface area contributed by atoms with Gasteiger partial charge < -0.3 is 4.74 Å². The maximum atomic E-state index is 11.4. The molecule has 0 N–H and O–H groups in total. The van der Waals surface area contributed by atoms with Gasteiger partial charge in [0.05, 0.1) is 17.6 Å². The van der Waals surface area contributed by atoms with E-state index in [1.807, 2.05) is 43.3 Å². The molecule has 110 valence electrons. The highest BCUT2D eigenvalue weighted by Crippen LogP contribution is 2.22. The van der Waals surface area contributed by atoms with Gasteiger partial charge in [-0.15, -0.1) is 0 Å². The number of aryl methyl sites for hydroxylation is 1. The number of fused-ring (bicyclic) bond motifs is 1. The van der Waals surface area contributed by atoms with E-state index in [-0.39, 0.29) is 5.78 Å². The highest BCUT2D eigenvalue weighted by molar-refractivity contribution is 5.98. The van der Waals surface area contributed by atoms with E-state index >= 15 is 0 Å². The lowest BCUT2D eigenvalue weighted by Crippen LogP contribution is -1.99. The molecule has 0 amide bonds. The third-order valence-corrected chi connectivity index (χ3v) is 3.44. The number of aromatic nitrogens is 2. The predicted octanol–water partition coefficient (Wildman–Crippen LogP) is 3.72. The summed E-state index contributed by atoms with van der Waals surface area (Å²) in [7, 11) is 0. The molecule has 0 aliphatic rings. The topological polar surface area (TPSA) is 52.1 Å². The highest BCUT2D eigenvalue weighted by atomic mass is 16.5. The van der Waals surface area contributed by atoms with Gasteiger partial charge in [-0.25, -0.2) is 0 Å². The first-order valence-corrected chi connectivity index (χ1v) is 7.07. The summed E-state index contributed by atoms with van der Waals surface area (Å²) in [4.78, 5) is 19.9. The van der Waals surface area contributed by atoms with E-state index in [1.165, 1.54) is 0 Å². The molecular formula is C18H16N2O2. The number of hydrogen-bond acceptors (Lipinski definition) is 4. The molecule has 0 bridgehead atoms. The minimum Gasteiger partial charge on any atom is -0.487 e. The Bertz CT molecular complexity index is 826. The number of Topliss-reactive ketones (excluding diaryl/α,β-unsaturated/α-hetero) is 1. The van der Waals surface area contributed by atoms with Crippen molar-refractivity contribution in [1.82, 2.24) is 9.97 Å². The molecular weight excluding hydrogens is 276 g/mol. The largest absolute Gasteiger partial charge is 0.487 e. The average Bonchev–Trinajstić information content (AvgIpc) is 2.53.